The second kappa shape index (κ2) is 11.1. The molecule has 0 atom stereocenters. The molecule has 3 aromatic rings. The molecule has 9 heteroatoms. The van der Waals surface area contributed by atoms with Crippen molar-refractivity contribution in [1.29, 1.82) is 0 Å². The minimum Gasteiger partial charge on any atom is -0.497 e. The fraction of sp³-hybridized carbons (Fsp3) is 0.227. The van der Waals surface area contributed by atoms with Crippen LogP contribution < -0.4 is 21.1 Å². The summed E-state index contributed by atoms with van der Waals surface area (Å²) < 4.78 is 10.7. The number of primary amides is 1. The van der Waals surface area contributed by atoms with Gasteiger partial charge in [0.05, 0.1) is 18.5 Å². The molecule has 0 spiro atoms. The van der Waals surface area contributed by atoms with Gasteiger partial charge in [0.1, 0.15) is 12.0 Å². The molecule has 0 aliphatic rings. The summed E-state index contributed by atoms with van der Waals surface area (Å²) in [4.78, 5) is 28.5. The van der Waals surface area contributed by atoms with Gasteiger partial charge >= 0.3 is 6.03 Å². The molecule has 0 aliphatic carbocycles. The standard InChI is InChI=1S/C22H24N4O4S/c1-29-17-8-6-15(7-9-17)21-25-16(14-30-21)10-12-24-22(28)26-18-4-2-3-5-19(18)31-13-11-20(23)27/h2-9,14H,10-13H2,1H3,(H2,23,27)(H2,24,26,28). The number of thioether (sulfide) groups is 1. The number of methoxy groups -OCH3 is 1. The van der Waals surface area contributed by atoms with Crippen LogP contribution in [0.5, 0.6) is 5.75 Å². The highest BCUT2D eigenvalue weighted by Gasteiger charge is 2.10. The topological polar surface area (TPSA) is 119 Å². The SMILES string of the molecule is COc1ccc(-c2nc(CCNC(=O)Nc3ccccc3SCCC(N)=O)co2)cc1. The summed E-state index contributed by atoms with van der Waals surface area (Å²) >= 11 is 1.47. The Labute approximate surface area is 184 Å². The number of rotatable bonds is 10. The molecule has 3 rings (SSSR count). The molecular weight excluding hydrogens is 416 g/mol. The molecule has 0 bridgehead atoms. The van der Waals surface area contributed by atoms with Crippen molar-refractivity contribution in [2.24, 2.45) is 5.73 Å². The Morgan fingerprint density at radius 1 is 1.16 bits per heavy atom. The molecule has 4 N–H and O–H groups in total. The number of aromatic nitrogens is 1. The van der Waals surface area contributed by atoms with E-state index in [4.69, 9.17) is 14.9 Å². The third kappa shape index (κ3) is 6.78. The average molecular weight is 441 g/mol. The van der Waals surface area contributed by atoms with Crippen molar-refractivity contribution in [1.82, 2.24) is 10.3 Å². The Kier molecular flexibility index (Phi) is 7.94. The highest BCUT2D eigenvalue weighted by molar-refractivity contribution is 7.99. The second-order valence-electron chi connectivity index (χ2n) is 6.56. The number of nitrogens with one attached hydrogen (secondary N) is 2. The van der Waals surface area contributed by atoms with Crippen LogP contribution in [0.3, 0.4) is 0 Å². The second-order valence-corrected chi connectivity index (χ2v) is 7.70. The number of para-hydroxylation sites is 1. The lowest BCUT2D eigenvalue weighted by Crippen LogP contribution is -2.30. The Bertz CT molecular complexity index is 1020. The summed E-state index contributed by atoms with van der Waals surface area (Å²) in [7, 11) is 1.61. The van der Waals surface area contributed by atoms with Gasteiger partial charge in [0.2, 0.25) is 11.8 Å². The number of ether oxygens (including phenoxy) is 1. The lowest BCUT2D eigenvalue weighted by atomic mass is 10.2. The molecule has 2 aromatic carbocycles. The Morgan fingerprint density at radius 3 is 2.68 bits per heavy atom. The smallest absolute Gasteiger partial charge is 0.319 e. The highest BCUT2D eigenvalue weighted by atomic mass is 32.2. The Hall–Kier alpha value is -3.46. The van der Waals surface area contributed by atoms with E-state index in [9.17, 15) is 9.59 Å². The van der Waals surface area contributed by atoms with E-state index in [2.05, 4.69) is 15.6 Å². The normalized spacial score (nSPS) is 10.5. The van der Waals surface area contributed by atoms with E-state index in [0.717, 1.165) is 21.9 Å². The van der Waals surface area contributed by atoms with E-state index in [1.165, 1.54) is 11.8 Å². The molecule has 0 unspecified atom stereocenters. The maximum absolute atomic E-state index is 12.3. The average Bonchev–Trinajstić information content (AvgIpc) is 3.24. The predicted molar refractivity (Wildman–Crippen MR) is 120 cm³/mol. The molecular formula is C22H24N4O4S. The van der Waals surface area contributed by atoms with Crippen LogP contribution in [0.2, 0.25) is 0 Å². The van der Waals surface area contributed by atoms with Crippen molar-refractivity contribution >= 4 is 29.4 Å². The van der Waals surface area contributed by atoms with Crippen molar-refractivity contribution in [2.45, 2.75) is 17.7 Å². The van der Waals surface area contributed by atoms with E-state index in [0.29, 0.717) is 30.3 Å². The number of carbonyl (C=O) groups excluding carboxylic acids is 2. The summed E-state index contributed by atoms with van der Waals surface area (Å²) in [6, 6.07) is 14.5. The maximum atomic E-state index is 12.3. The third-order valence-electron chi connectivity index (χ3n) is 4.30. The first kappa shape index (κ1) is 22.2. The van der Waals surface area contributed by atoms with Gasteiger partial charge < -0.3 is 25.5 Å². The van der Waals surface area contributed by atoms with E-state index in [-0.39, 0.29) is 18.4 Å². The van der Waals surface area contributed by atoms with Gasteiger partial charge in [0, 0.05) is 35.6 Å². The minimum absolute atomic E-state index is 0.279. The lowest BCUT2D eigenvalue weighted by molar-refractivity contribution is -0.117. The molecule has 1 heterocycles. The number of oxazole rings is 1. The molecule has 0 saturated heterocycles. The van der Waals surface area contributed by atoms with Crippen LogP contribution in [0.1, 0.15) is 12.1 Å². The Morgan fingerprint density at radius 2 is 1.94 bits per heavy atom. The van der Waals surface area contributed by atoms with Crippen molar-refractivity contribution < 1.29 is 18.7 Å². The van der Waals surface area contributed by atoms with Crippen LogP contribution in [-0.4, -0.2) is 36.3 Å². The Balaban J connectivity index is 1.47. The highest BCUT2D eigenvalue weighted by Crippen LogP contribution is 2.27. The number of carbonyl (C=O) groups is 2. The van der Waals surface area contributed by atoms with Gasteiger partial charge in [0.15, 0.2) is 0 Å². The van der Waals surface area contributed by atoms with Crippen molar-refractivity contribution in [3.63, 3.8) is 0 Å². The molecule has 31 heavy (non-hydrogen) atoms. The largest absolute Gasteiger partial charge is 0.497 e. The number of urea groups is 1. The van der Waals surface area contributed by atoms with Gasteiger partial charge in [-0.05, 0) is 36.4 Å². The quantitative estimate of drug-likeness (QED) is 0.414. The zero-order valence-electron chi connectivity index (χ0n) is 17.1. The van der Waals surface area contributed by atoms with Crippen LogP contribution in [-0.2, 0) is 11.2 Å². The molecule has 8 nitrogen and oxygen atoms in total. The summed E-state index contributed by atoms with van der Waals surface area (Å²) in [6.07, 6.45) is 2.40. The lowest BCUT2D eigenvalue weighted by Gasteiger charge is -2.11. The number of nitrogens with zero attached hydrogens (tertiary/aromatic N) is 1. The third-order valence-corrected chi connectivity index (χ3v) is 5.37. The predicted octanol–water partition coefficient (Wildman–Crippen LogP) is 3.68. The van der Waals surface area contributed by atoms with Crippen molar-refractivity contribution in [3.05, 3.63) is 60.5 Å². The molecule has 0 radical (unpaired) electrons. The van der Waals surface area contributed by atoms with Crippen molar-refractivity contribution in [2.75, 3.05) is 24.7 Å². The number of nitrogens with two attached hydrogens (primary N) is 1. The van der Waals surface area contributed by atoms with Crippen LogP contribution in [0.15, 0.2) is 64.1 Å². The summed E-state index contributed by atoms with van der Waals surface area (Å²) in [5.74, 6) is 1.49. The van der Waals surface area contributed by atoms with E-state index >= 15 is 0 Å². The zero-order chi connectivity index (χ0) is 22.1. The molecule has 0 aliphatic heterocycles. The first-order chi connectivity index (χ1) is 15.0. The van der Waals surface area contributed by atoms with Crippen LogP contribution in [0.4, 0.5) is 10.5 Å². The molecule has 1 aromatic heterocycles. The monoisotopic (exact) mass is 440 g/mol. The van der Waals surface area contributed by atoms with Crippen LogP contribution in [0, 0.1) is 0 Å². The van der Waals surface area contributed by atoms with Crippen molar-refractivity contribution in [3.8, 4) is 17.2 Å². The first-order valence-corrected chi connectivity index (χ1v) is 10.7. The van der Waals surface area contributed by atoms with Gasteiger partial charge in [-0.15, -0.1) is 11.8 Å². The number of hydrogen-bond acceptors (Lipinski definition) is 6. The fourth-order valence-electron chi connectivity index (χ4n) is 2.72. The zero-order valence-corrected chi connectivity index (χ0v) is 17.9. The van der Waals surface area contributed by atoms with Crippen LogP contribution >= 0.6 is 11.8 Å². The number of hydrogen-bond donors (Lipinski definition) is 3. The van der Waals surface area contributed by atoms with Crippen LogP contribution in [0.25, 0.3) is 11.5 Å². The fourth-order valence-corrected chi connectivity index (χ4v) is 3.69. The number of amides is 3. The van der Waals surface area contributed by atoms with E-state index in [1.54, 1.807) is 13.4 Å². The first-order valence-electron chi connectivity index (χ1n) is 9.69. The van der Waals surface area contributed by atoms with Gasteiger partial charge in [-0.2, -0.15) is 0 Å². The molecule has 0 saturated carbocycles. The van der Waals surface area contributed by atoms with Gasteiger partial charge in [-0.3, -0.25) is 4.79 Å². The number of anilines is 1. The minimum atomic E-state index is -0.348. The summed E-state index contributed by atoms with van der Waals surface area (Å²) in [5, 5.41) is 5.65. The number of benzene rings is 2. The maximum Gasteiger partial charge on any atom is 0.319 e. The molecule has 3 amide bonds. The molecule has 162 valence electrons. The molecule has 0 fully saturated rings. The van der Waals surface area contributed by atoms with Gasteiger partial charge in [0.25, 0.3) is 0 Å². The van der Waals surface area contributed by atoms with E-state index in [1.807, 2.05) is 48.5 Å². The summed E-state index contributed by atoms with van der Waals surface area (Å²) in [6.45, 7) is 0.400. The van der Waals surface area contributed by atoms with Gasteiger partial charge in [-0.1, -0.05) is 12.1 Å². The summed E-state index contributed by atoms with van der Waals surface area (Å²) in [5.41, 5.74) is 7.45. The van der Waals surface area contributed by atoms with E-state index < -0.39 is 0 Å². The van der Waals surface area contributed by atoms with Gasteiger partial charge in [-0.25, -0.2) is 9.78 Å².